The molecule has 3 heterocycles. The normalized spacial score (nSPS) is 15.9. The molecule has 0 atom stereocenters. The minimum Gasteiger partial charge on any atom is -0.456 e. The quantitative estimate of drug-likeness (QED) is 0.186. The first kappa shape index (κ1) is 17.7. The first-order valence-corrected chi connectivity index (χ1v) is 16.2. The number of hydrogen-bond donors (Lipinski definition) is 0. The summed E-state index contributed by atoms with van der Waals surface area (Å²) >= 11 is 0. The van der Waals surface area contributed by atoms with E-state index in [1.807, 2.05) is 18.2 Å². The van der Waals surface area contributed by atoms with E-state index < -0.39 is 84.6 Å². The van der Waals surface area contributed by atoms with E-state index in [2.05, 4.69) is 0 Å². The van der Waals surface area contributed by atoms with E-state index >= 15 is 0 Å². The molecule has 0 spiro atoms. The number of benzene rings is 8. The summed E-state index contributed by atoms with van der Waals surface area (Å²) in [5, 5.41) is 1.93. The molecule has 11 aromatic rings. The molecular weight excluding hydrogens is 637 g/mol. The van der Waals surface area contributed by atoms with Crippen LogP contribution >= 0.6 is 0 Å². The molecule has 0 unspecified atom stereocenters. The summed E-state index contributed by atoms with van der Waals surface area (Å²) in [5.74, 6) is 0.0546. The second kappa shape index (κ2) is 11.2. The first-order valence-electron chi connectivity index (χ1n) is 23.7. The predicted molar refractivity (Wildman–Crippen MR) is 213 cm³/mol. The van der Waals surface area contributed by atoms with E-state index in [0.717, 1.165) is 0 Å². The van der Waals surface area contributed by atoms with Gasteiger partial charge in [-0.15, -0.1) is 0 Å². The molecule has 52 heavy (non-hydrogen) atoms. The maximum atomic E-state index is 9.10. The molecule has 0 bridgehead atoms. The van der Waals surface area contributed by atoms with Crippen LogP contribution < -0.4 is 0 Å². The first-order chi connectivity index (χ1) is 32.0. The van der Waals surface area contributed by atoms with Crippen LogP contribution in [0, 0.1) is 0 Å². The van der Waals surface area contributed by atoms with E-state index in [-0.39, 0.29) is 61.8 Å². The molecule has 0 N–H and O–H groups in total. The van der Waals surface area contributed by atoms with Crippen LogP contribution in [0.5, 0.6) is 0 Å². The van der Waals surface area contributed by atoms with Gasteiger partial charge in [-0.05, 0) is 69.0 Å². The third-order valence-corrected chi connectivity index (χ3v) is 9.21. The SMILES string of the molecule is [2H]c1c([2H])c([2H])c2c(-c3cc4oc5ccc(-c6nc(-c7ccccc7)nc(-n7c8c([2H])c([2H])c([2H])c([2H])c8c8c([2H])c([2H])c([2H])c([2H])c87)n6)cc5c4c4ccccc34)c([2H])c([2H])c([2H])c2c1[2H]. The molecule has 11 rings (SSSR count). The largest absolute Gasteiger partial charge is 0.456 e. The Balaban J connectivity index is 1.21. The van der Waals surface area contributed by atoms with E-state index in [0.29, 0.717) is 49.4 Å². The number of rotatable bonds is 4. The minimum absolute atomic E-state index is 0.0492. The van der Waals surface area contributed by atoms with Crippen molar-refractivity contribution in [1.29, 1.82) is 0 Å². The van der Waals surface area contributed by atoms with Crippen LogP contribution in [0.1, 0.15) is 20.6 Å². The zero-order chi connectivity index (χ0) is 47.2. The smallest absolute Gasteiger partial charge is 0.238 e. The Morgan fingerprint density at radius 3 is 1.90 bits per heavy atom. The van der Waals surface area contributed by atoms with Crippen LogP contribution in [0.3, 0.4) is 0 Å². The Bertz CT molecular complexity index is 3970. The molecule has 0 radical (unpaired) electrons. The average molecular weight is 680 g/mol. The van der Waals surface area contributed by atoms with Crippen LogP contribution in [0.25, 0.3) is 105 Å². The van der Waals surface area contributed by atoms with Crippen LogP contribution in [0.4, 0.5) is 0 Å². The molecular formula is C47H28N4O. The van der Waals surface area contributed by atoms with Crippen molar-refractivity contribution in [3.05, 3.63) is 169 Å². The van der Waals surface area contributed by atoms with Gasteiger partial charge in [0.25, 0.3) is 0 Å². The Kier molecular flexibility index (Phi) is 3.81. The molecule has 3 aromatic heterocycles. The highest BCUT2D eigenvalue weighted by Crippen LogP contribution is 2.42. The maximum absolute atomic E-state index is 9.10. The Morgan fingerprint density at radius 2 is 1.12 bits per heavy atom. The van der Waals surface area contributed by atoms with Gasteiger partial charge in [-0.3, -0.25) is 4.57 Å². The highest BCUT2D eigenvalue weighted by atomic mass is 16.3. The molecule has 5 heteroatoms. The summed E-state index contributed by atoms with van der Waals surface area (Å²) in [5.41, 5.74) is 1.84. The van der Waals surface area contributed by atoms with Crippen molar-refractivity contribution in [2.45, 2.75) is 0 Å². The Hall–Kier alpha value is -7.11. The van der Waals surface area contributed by atoms with Crippen molar-refractivity contribution in [2.24, 2.45) is 0 Å². The molecule has 0 fully saturated rings. The summed E-state index contributed by atoms with van der Waals surface area (Å²) < 4.78 is 139. The maximum Gasteiger partial charge on any atom is 0.238 e. The lowest BCUT2D eigenvalue weighted by Gasteiger charge is -2.12. The Morgan fingerprint density at radius 1 is 0.462 bits per heavy atom. The van der Waals surface area contributed by atoms with Gasteiger partial charge in [0.05, 0.1) is 31.6 Å². The second-order valence-corrected chi connectivity index (χ2v) is 12.1. The highest BCUT2D eigenvalue weighted by Gasteiger charge is 2.20. The summed E-state index contributed by atoms with van der Waals surface area (Å²) in [6.45, 7) is 0. The standard InChI is InChI=1S/C47H28N4O/c1-2-14-30(15-3-1)45-48-46(50-47(49-45)51-40-23-10-8-19-35(40)36-20-9-11-24-41(36)51)31-25-26-42-39(27-31)44-37-21-7-6-18-34(37)38(28-43(44)52-42)33-22-12-16-29-13-4-5-17-32(29)33/h1-28H/i4D,5D,8D,9D,10D,11D,12D,13D,16D,17D,19D,20D,22D,23D,24D. The van der Waals surface area contributed by atoms with Gasteiger partial charge < -0.3 is 4.42 Å². The fourth-order valence-corrected chi connectivity index (χ4v) is 6.93. The molecule has 5 nitrogen and oxygen atoms in total. The second-order valence-electron chi connectivity index (χ2n) is 12.1. The van der Waals surface area contributed by atoms with E-state index in [1.165, 1.54) is 4.57 Å². The molecule has 0 saturated carbocycles. The van der Waals surface area contributed by atoms with E-state index in [1.54, 1.807) is 60.7 Å². The van der Waals surface area contributed by atoms with Gasteiger partial charge in [0.15, 0.2) is 11.6 Å². The summed E-state index contributed by atoms with van der Waals surface area (Å²) in [4.78, 5) is 14.5. The molecule has 242 valence electrons. The number of hydrogen-bond acceptors (Lipinski definition) is 4. The molecule has 0 saturated heterocycles. The van der Waals surface area contributed by atoms with Gasteiger partial charge in [0.2, 0.25) is 5.95 Å². The average Bonchev–Trinajstić information content (AvgIpc) is 3.91. The van der Waals surface area contributed by atoms with E-state index in [4.69, 9.17) is 39.9 Å². The van der Waals surface area contributed by atoms with Gasteiger partial charge in [0.1, 0.15) is 11.2 Å². The summed E-state index contributed by atoms with van der Waals surface area (Å²) in [6.07, 6.45) is 0. The van der Waals surface area contributed by atoms with Crippen molar-refractivity contribution in [1.82, 2.24) is 19.5 Å². The van der Waals surface area contributed by atoms with Gasteiger partial charge in [-0.25, -0.2) is 4.98 Å². The monoisotopic (exact) mass is 679 g/mol. The summed E-state index contributed by atoms with van der Waals surface area (Å²) in [7, 11) is 0. The van der Waals surface area contributed by atoms with Crippen molar-refractivity contribution in [2.75, 3.05) is 0 Å². The lowest BCUT2D eigenvalue weighted by molar-refractivity contribution is 0.669. The van der Waals surface area contributed by atoms with Crippen LogP contribution in [0.15, 0.2) is 174 Å². The zero-order valence-electron chi connectivity index (χ0n) is 41.7. The van der Waals surface area contributed by atoms with Gasteiger partial charge >= 0.3 is 0 Å². The lowest BCUT2D eigenvalue weighted by Crippen LogP contribution is -2.06. The fourth-order valence-electron chi connectivity index (χ4n) is 6.93. The van der Waals surface area contributed by atoms with Crippen LogP contribution in [0.2, 0.25) is 0 Å². The number of fused-ring (bicyclic) bond motifs is 9. The fraction of sp³-hybridized carbons (Fsp3) is 0. The molecule has 0 amide bonds. The number of furan rings is 1. The molecule has 0 aliphatic rings. The molecule has 0 aliphatic heterocycles. The topological polar surface area (TPSA) is 56.7 Å². The van der Waals surface area contributed by atoms with Gasteiger partial charge in [-0.2, -0.15) is 9.97 Å². The van der Waals surface area contributed by atoms with Gasteiger partial charge in [0, 0.05) is 32.7 Å². The Labute approximate surface area is 319 Å². The lowest BCUT2D eigenvalue weighted by atomic mass is 9.92. The summed E-state index contributed by atoms with van der Waals surface area (Å²) in [6, 6.07) is 15.2. The minimum atomic E-state index is -0.591. The van der Waals surface area contributed by atoms with Crippen LogP contribution in [-0.4, -0.2) is 19.5 Å². The van der Waals surface area contributed by atoms with Crippen molar-refractivity contribution in [3.63, 3.8) is 0 Å². The van der Waals surface area contributed by atoms with Gasteiger partial charge in [-0.1, -0.05) is 133 Å². The molecule has 8 aromatic carbocycles. The third-order valence-electron chi connectivity index (χ3n) is 9.21. The molecule has 0 aliphatic carbocycles. The number of aromatic nitrogens is 4. The van der Waals surface area contributed by atoms with Crippen LogP contribution in [-0.2, 0) is 0 Å². The van der Waals surface area contributed by atoms with Crippen molar-refractivity contribution < 1.29 is 25.0 Å². The third kappa shape index (κ3) is 4.33. The highest BCUT2D eigenvalue weighted by molar-refractivity contribution is 6.23. The van der Waals surface area contributed by atoms with E-state index in [9.17, 15) is 0 Å². The van der Waals surface area contributed by atoms with Crippen molar-refractivity contribution in [3.8, 4) is 39.9 Å². The van der Waals surface area contributed by atoms with Crippen molar-refractivity contribution >= 4 is 65.3 Å². The number of nitrogens with zero attached hydrogens (tertiary/aromatic N) is 4. The number of para-hydroxylation sites is 2. The predicted octanol–water partition coefficient (Wildman–Crippen LogP) is 12.2. The zero-order valence-corrected chi connectivity index (χ0v) is 26.7.